The molecule has 0 amide bonds. The number of fused-ring (bicyclic) bond motifs is 3. The van der Waals surface area contributed by atoms with E-state index < -0.39 is 0 Å². The predicted molar refractivity (Wildman–Crippen MR) is 161 cm³/mol. The van der Waals surface area contributed by atoms with E-state index in [2.05, 4.69) is 62.3 Å². The summed E-state index contributed by atoms with van der Waals surface area (Å²) in [5.41, 5.74) is 3.30. The number of hydrogen-bond donors (Lipinski definition) is 1. The van der Waals surface area contributed by atoms with Crippen LogP contribution in [0.4, 0.5) is 11.6 Å². The maximum atomic E-state index is 14.2. The zero-order valence-electron chi connectivity index (χ0n) is 23.4. The van der Waals surface area contributed by atoms with E-state index >= 15 is 0 Å². The molecule has 2 aliphatic carbocycles. The van der Waals surface area contributed by atoms with Crippen molar-refractivity contribution in [3.63, 3.8) is 0 Å². The molecule has 3 aliphatic rings. The fourth-order valence-corrected chi connectivity index (χ4v) is 6.53. The van der Waals surface area contributed by atoms with Gasteiger partial charge >= 0.3 is 0 Å². The highest BCUT2D eigenvalue weighted by atomic mass is 16.1. The first kappa shape index (κ1) is 25.4. The molecule has 1 saturated heterocycles. The summed E-state index contributed by atoms with van der Waals surface area (Å²) in [6.45, 7) is 8.04. The molecule has 2 saturated carbocycles. The average Bonchev–Trinajstić information content (AvgIpc) is 3.83. The smallest absolute Gasteiger partial charge is 0.260 e. The van der Waals surface area contributed by atoms with Crippen molar-refractivity contribution in [2.75, 3.05) is 42.9 Å². The normalized spacial score (nSPS) is 22.2. The van der Waals surface area contributed by atoms with Crippen LogP contribution in [0.25, 0.3) is 21.8 Å². The number of hydrogen-bond acceptors (Lipinski definition) is 7. The Morgan fingerprint density at radius 1 is 0.900 bits per heavy atom. The topological polar surface area (TPSA) is 79.2 Å². The molecule has 1 N–H and O–H groups in total. The first-order chi connectivity index (χ1) is 19.6. The first-order valence-corrected chi connectivity index (χ1v) is 15.1. The molecule has 3 fully saturated rings. The Bertz CT molecular complexity index is 1550. The second kappa shape index (κ2) is 10.8. The molecule has 8 nitrogen and oxygen atoms in total. The average molecular weight is 538 g/mol. The number of anilines is 2. The van der Waals surface area contributed by atoms with Crippen molar-refractivity contribution in [3.05, 3.63) is 64.8 Å². The fourth-order valence-electron chi connectivity index (χ4n) is 6.53. The van der Waals surface area contributed by atoms with Gasteiger partial charge < -0.3 is 10.2 Å². The first-order valence-electron chi connectivity index (χ1n) is 15.1. The molecule has 40 heavy (non-hydrogen) atoms. The second-order valence-electron chi connectivity index (χ2n) is 12.2. The van der Waals surface area contributed by atoms with Crippen LogP contribution < -0.4 is 15.8 Å². The molecular weight excluding hydrogens is 498 g/mol. The number of nitrogens with zero attached hydrogens (tertiary/aromatic N) is 6. The molecule has 208 valence electrons. The maximum Gasteiger partial charge on any atom is 0.260 e. The maximum absolute atomic E-state index is 14.2. The molecule has 1 aromatic carbocycles. The third-order valence-electron chi connectivity index (χ3n) is 9.22. The zero-order valence-corrected chi connectivity index (χ0v) is 23.4. The van der Waals surface area contributed by atoms with Crippen molar-refractivity contribution in [2.24, 2.45) is 11.8 Å². The Balaban J connectivity index is 1.19. The van der Waals surface area contributed by atoms with Crippen LogP contribution >= 0.6 is 0 Å². The van der Waals surface area contributed by atoms with Crippen molar-refractivity contribution < 1.29 is 0 Å². The van der Waals surface area contributed by atoms with Gasteiger partial charge in [-0.2, -0.15) is 4.98 Å². The van der Waals surface area contributed by atoms with Gasteiger partial charge in [0.25, 0.3) is 5.56 Å². The third-order valence-corrected chi connectivity index (χ3v) is 9.22. The second-order valence-corrected chi connectivity index (χ2v) is 12.2. The molecular formula is C32H39N7O. The summed E-state index contributed by atoms with van der Waals surface area (Å²) in [6, 6.07) is 10.8. The van der Waals surface area contributed by atoms with E-state index in [0.717, 1.165) is 98.6 Å². The number of piperazine rings is 1. The van der Waals surface area contributed by atoms with Crippen LogP contribution in [0.15, 0.2) is 53.7 Å². The lowest BCUT2D eigenvalue weighted by Crippen LogP contribution is -2.45. The Morgan fingerprint density at radius 3 is 2.42 bits per heavy atom. The SMILES string of the molecule is CC1CCC(n2c(=O)c3cc(CN4CCN(c5ccncc5)CC4)ccc3c3cnc(NCC4CC4)nc32)CC1. The van der Waals surface area contributed by atoms with Gasteiger partial charge in [-0.3, -0.25) is 19.2 Å². The lowest BCUT2D eigenvalue weighted by molar-refractivity contribution is 0.250. The Labute approximate surface area is 235 Å². The van der Waals surface area contributed by atoms with Crippen molar-refractivity contribution in [1.29, 1.82) is 0 Å². The fraction of sp³-hybridized carbons (Fsp3) is 0.500. The molecule has 0 bridgehead atoms. The van der Waals surface area contributed by atoms with Crippen molar-refractivity contribution in [2.45, 2.75) is 58.0 Å². The molecule has 4 heterocycles. The quantitative estimate of drug-likeness (QED) is 0.323. The van der Waals surface area contributed by atoms with Crippen LogP contribution in [0.2, 0.25) is 0 Å². The summed E-state index contributed by atoms with van der Waals surface area (Å²) in [5.74, 6) is 2.09. The largest absolute Gasteiger partial charge is 0.369 e. The van der Waals surface area contributed by atoms with Crippen LogP contribution in [-0.4, -0.2) is 57.1 Å². The van der Waals surface area contributed by atoms with Crippen LogP contribution in [0.3, 0.4) is 0 Å². The third kappa shape index (κ3) is 5.17. The Kier molecular flexibility index (Phi) is 6.87. The highest BCUT2D eigenvalue weighted by Gasteiger charge is 2.26. The monoisotopic (exact) mass is 537 g/mol. The number of nitrogens with one attached hydrogen (secondary N) is 1. The molecule has 0 radical (unpaired) electrons. The molecule has 7 rings (SSSR count). The molecule has 0 atom stereocenters. The van der Waals surface area contributed by atoms with Gasteiger partial charge in [-0.15, -0.1) is 0 Å². The van der Waals surface area contributed by atoms with E-state index in [0.29, 0.717) is 5.95 Å². The van der Waals surface area contributed by atoms with E-state index in [1.165, 1.54) is 24.1 Å². The van der Waals surface area contributed by atoms with Gasteiger partial charge in [0, 0.05) is 80.4 Å². The molecule has 8 heteroatoms. The predicted octanol–water partition coefficient (Wildman–Crippen LogP) is 5.24. The van der Waals surface area contributed by atoms with Gasteiger partial charge in [-0.1, -0.05) is 19.1 Å². The Hall–Kier alpha value is -3.52. The minimum absolute atomic E-state index is 0.0956. The van der Waals surface area contributed by atoms with Crippen molar-refractivity contribution in [3.8, 4) is 0 Å². The van der Waals surface area contributed by atoms with E-state index in [9.17, 15) is 4.79 Å². The van der Waals surface area contributed by atoms with Gasteiger partial charge in [0.15, 0.2) is 0 Å². The number of rotatable bonds is 7. The summed E-state index contributed by atoms with van der Waals surface area (Å²) >= 11 is 0. The van der Waals surface area contributed by atoms with Gasteiger partial charge in [-0.25, -0.2) is 4.98 Å². The van der Waals surface area contributed by atoms with E-state index in [1.807, 2.05) is 23.2 Å². The van der Waals surface area contributed by atoms with E-state index in [4.69, 9.17) is 4.98 Å². The minimum atomic E-state index is 0.0956. The van der Waals surface area contributed by atoms with Crippen LogP contribution in [-0.2, 0) is 6.54 Å². The van der Waals surface area contributed by atoms with E-state index in [1.54, 1.807) is 0 Å². The van der Waals surface area contributed by atoms with Gasteiger partial charge in [-0.05, 0) is 79.5 Å². The Morgan fingerprint density at radius 2 is 1.68 bits per heavy atom. The highest BCUT2D eigenvalue weighted by Crippen LogP contribution is 2.34. The minimum Gasteiger partial charge on any atom is -0.369 e. The summed E-state index contributed by atoms with van der Waals surface area (Å²) in [6.07, 6.45) is 12.6. The van der Waals surface area contributed by atoms with Crippen LogP contribution in [0.5, 0.6) is 0 Å². The highest BCUT2D eigenvalue weighted by molar-refractivity contribution is 6.04. The lowest BCUT2D eigenvalue weighted by Gasteiger charge is -2.36. The van der Waals surface area contributed by atoms with Crippen molar-refractivity contribution in [1.82, 2.24) is 24.4 Å². The van der Waals surface area contributed by atoms with Gasteiger partial charge in [0.05, 0.1) is 0 Å². The van der Waals surface area contributed by atoms with Crippen LogP contribution in [0.1, 0.15) is 57.1 Å². The van der Waals surface area contributed by atoms with Crippen LogP contribution in [0, 0.1) is 11.8 Å². The number of aromatic nitrogens is 4. The number of pyridine rings is 2. The van der Waals surface area contributed by atoms with Gasteiger partial charge in [0.2, 0.25) is 5.95 Å². The molecule has 3 aromatic heterocycles. The number of benzene rings is 1. The molecule has 0 spiro atoms. The molecule has 1 aliphatic heterocycles. The van der Waals surface area contributed by atoms with Crippen molar-refractivity contribution >= 4 is 33.4 Å². The summed E-state index contributed by atoms with van der Waals surface area (Å²) in [5, 5.41) is 6.15. The lowest BCUT2D eigenvalue weighted by atomic mass is 9.87. The van der Waals surface area contributed by atoms with E-state index in [-0.39, 0.29) is 11.6 Å². The van der Waals surface area contributed by atoms with Gasteiger partial charge in [0.1, 0.15) is 5.65 Å². The zero-order chi connectivity index (χ0) is 27.1. The summed E-state index contributed by atoms with van der Waals surface area (Å²) in [7, 11) is 0. The molecule has 4 aromatic rings. The molecule has 0 unspecified atom stereocenters. The standard InChI is InChI=1S/C32H39N7O/c1-22-2-7-26(8-3-22)39-30-29(20-35-32(36-30)34-19-23-4-5-23)27-9-6-24(18-28(27)31(39)40)21-37-14-16-38(17-15-37)25-10-12-33-13-11-25/h6,9-13,18,20,22-23,26H,2-5,7-8,14-17,19,21H2,1H3,(H,34,35,36). The summed E-state index contributed by atoms with van der Waals surface area (Å²) < 4.78 is 2.02. The summed E-state index contributed by atoms with van der Waals surface area (Å²) in [4.78, 5) is 32.9.